The molecule has 0 saturated heterocycles. The summed E-state index contributed by atoms with van der Waals surface area (Å²) in [7, 11) is 0. The second-order valence-electron chi connectivity index (χ2n) is 5.12. The number of carbonyl (C=O) groups is 1. The van der Waals surface area contributed by atoms with Gasteiger partial charge in [0.1, 0.15) is 11.3 Å². The van der Waals surface area contributed by atoms with Crippen LogP contribution in [0.2, 0.25) is 5.02 Å². The lowest BCUT2D eigenvalue weighted by molar-refractivity contribution is -0.385. The molecule has 1 aliphatic heterocycles. The minimum atomic E-state index is -0.594. The molecule has 0 saturated carbocycles. The van der Waals surface area contributed by atoms with Crippen LogP contribution in [0, 0.1) is 10.1 Å². The molecule has 1 atom stereocenters. The van der Waals surface area contributed by atoms with Gasteiger partial charge in [0.05, 0.1) is 17.6 Å². The van der Waals surface area contributed by atoms with Gasteiger partial charge in [-0.2, -0.15) is 0 Å². The summed E-state index contributed by atoms with van der Waals surface area (Å²) in [5, 5.41) is 14.2. The van der Waals surface area contributed by atoms with Gasteiger partial charge in [-0.25, -0.2) is 0 Å². The molecule has 23 heavy (non-hydrogen) atoms. The number of halogens is 1. The normalized spacial score (nSPS) is 16.1. The Morgan fingerprint density at radius 1 is 1.30 bits per heavy atom. The topological polar surface area (TPSA) is 81.5 Å². The van der Waals surface area contributed by atoms with Crippen molar-refractivity contribution in [2.24, 2.45) is 0 Å². The highest BCUT2D eigenvalue weighted by atomic mass is 35.5. The standard InChI is InChI=1S/C16H13ClN2O4/c17-10-5-6-14(19(21)22)12(9-10)16(20)18-13-7-8-23-15-4-2-1-3-11(13)15/h1-6,9,13H,7-8H2,(H,18,20)/t13-/m0/s1. The summed E-state index contributed by atoms with van der Waals surface area (Å²) in [5.41, 5.74) is 0.537. The van der Waals surface area contributed by atoms with Gasteiger partial charge in [0, 0.05) is 23.1 Å². The first-order valence-corrected chi connectivity index (χ1v) is 7.40. The number of hydrogen-bond acceptors (Lipinski definition) is 4. The maximum absolute atomic E-state index is 12.5. The molecule has 0 radical (unpaired) electrons. The molecule has 1 aliphatic rings. The van der Waals surface area contributed by atoms with Crippen LogP contribution in [0.3, 0.4) is 0 Å². The van der Waals surface area contributed by atoms with Gasteiger partial charge in [-0.05, 0) is 18.2 Å². The van der Waals surface area contributed by atoms with Crippen molar-refractivity contribution in [3.63, 3.8) is 0 Å². The first kappa shape index (κ1) is 15.3. The van der Waals surface area contributed by atoms with E-state index in [0.29, 0.717) is 18.8 Å². The number of nitrogens with one attached hydrogen (secondary N) is 1. The molecule has 0 aliphatic carbocycles. The van der Waals surface area contributed by atoms with Gasteiger partial charge >= 0.3 is 0 Å². The zero-order valence-electron chi connectivity index (χ0n) is 12.0. The van der Waals surface area contributed by atoms with Crippen molar-refractivity contribution in [2.45, 2.75) is 12.5 Å². The third kappa shape index (κ3) is 3.12. The molecule has 0 spiro atoms. The van der Waals surface area contributed by atoms with Crippen LogP contribution in [0.25, 0.3) is 0 Å². The lowest BCUT2D eigenvalue weighted by Gasteiger charge is -2.26. The van der Waals surface area contributed by atoms with E-state index in [2.05, 4.69) is 5.32 Å². The van der Waals surface area contributed by atoms with E-state index in [1.54, 1.807) is 0 Å². The van der Waals surface area contributed by atoms with Crippen molar-refractivity contribution >= 4 is 23.2 Å². The number of benzene rings is 2. The van der Waals surface area contributed by atoms with Crippen molar-refractivity contribution in [2.75, 3.05) is 6.61 Å². The fourth-order valence-electron chi connectivity index (χ4n) is 2.58. The summed E-state index contributed by atoms with van der Waals surface area (Å²) in [4.78, 5) is 23.0. The van der Waals surface area contributed by atoms with E-state index in [1.807, 2.05) is 24.3 Å². The highest BCUT2D eigenvalue weighted by Gasteiger charge is 2.26. The van der Waals surface area contributed by atoms with E-state index in [1.165, 1.54) is 18.2 Å². The lowest BCUT2D eigenvalue weighted by Crippen LogP contribution is -2.32. The van der Waals surface area contributed by atoms with Crippen LogP contribution >= 0.6 is 11.6 Å². The van der Waals surface area contributed by atoms with Gasteiger partial charge in [0.25, 0.3) is 11.6 Å². The van der Waals surface area contributed by atoms with E-state index in [-0.39, 0.29) is 22.3 Å². The number of fused-ring (bicyclic) bond motifs is 1. The third-order valence-electron chi connectivity index (χ3n) is 3.66. The molecule has 1 amide bonds. The average Bonchev–Trinajstić information content (AvgIpc) is 2.54. The molecular weight excluding hydrogens is 320 g/mol. The third-order valence-corrected chi connectivity index (χ3v) is 3.90. The molecule has 2 aromatic carbocycles. The summed E-state index contributed by atoms with van der Waals surface area (Å²) >= 11 is 5.87. The number of ether oxygens (including phenoxy) is 1. The molecule has 1 heterocycles. The largest absolute Gasteiger partial charge is 0.493 e. The quantitative estimate of drug-likeness (QED) is 0.689. The smallest absolute Gasteiger partial charge is 0.282 e. The Labute approximate surface area is 137 Å². The molecule has 118 valence electrons. The highest BCUT2D eigenvalue weighted by Crippen LogP contribution is 2.32. The van der Waals surface area contributed by atoms with Crippen molar-refractivity contribution in [3.8, 4) is 5.75 Å². The van der Waals surface area contributed by atoms with Crippen LogP contribution in [0.1, 0.15) is 28.4 Å². The van der Waals surface area contributed by atoms with Crippen molar-refractivity contribution in [1.82, 2.24) is 5.32 Å². The summed E-state index contributed by atoms with van der Waals surface area (Å²) in [6.07, 6.45) is 0.594. The Hall–Kier alpha value is -2.60. The highest BCUT2D eigenvalue weighted by molar-refractivity contribution is 6.31. The molecule has 0 aromatic heterocycles. The predicted octanol–water partition coefficient (Wildman–Crippen LogP) is 3.50. The SMILES string of the molecule is O=C(N[C@H]1CCOc2ccccc21)c1cc(Cl)ccc1[N+](=O)[O-]. The molecule has 2 aromatic rings. The van der Waals surface area contributed by atoms with Crippen molar-refractivity contribution in [3.05, 3.63) is 68.7 Å². The van der Waals surface area contributed by atoms with Crippen molar-refractivity contribution in [1.29, 1.82) is 0 Å². The number of carbonyl (C=O) groups excluding carboxylic acids is 1. The van der Waals surface area contributed by atoms with Gasteiger partial charge in [0.15, 0.2) is 0 Å². The van der Waals surface area contributed by atoms with E-state index >= 15 is 0 Å². The minimum Gasteiger partial charge on any atom is -0.493 e. The van der Waals surface area contributed by atoms with Crippen LogP contribution in [0.5, 0.6) is 5.75 Å². The van der Waals surface area contributed by atoms with Crippen molar-refractivity contribution < 1.29 is 14.5 Å². The number of rotatable bonds is 3. The zero-order valence-corrected chi connectivity index (χ0v) is 12.7. The van der Waals surface area contributed by atoms with Gasteiger partial charge in [-0.3, -0.25) is 14.9 Å². The number of nitro benzene ring substituents is 1. The summed E-state index contributed by atoms with van der Waals surface area (Å²) in [6, 6.07) is 11.1. The van der Waals surface area contributed by atoms with Crippen LogP contribution < -0.4 is 10.1 Å². The average molecular weight is 333 g/mol. The fraction of sp³-hybridized carbons (Fsp3) is 0.188. The van der Waals surface area contributed by atoms with Crippen LogP contribution in [-0.2, 0) is 0 Å². The summed E-state index contributed by atoms with van der Waals surface area (Å²) in [6.45, 7) is 0.472. The zero-order chi connectivity index (χ0) is 16.4. The Morgan fingerprint density at radius 3 is 2.87 bits per heavy atom. The molecular formula is C16H13ClN2O4. The van der Waals surface area contributed by atoms with Crippen LogP contribution in [0.4, 0.5) is 5.69 Å². The molecule has 6 nitrogen and oxygen atoms in total. The van der Waals surface area contributed by atoms with Crippen LogP contribution in [0.15, 0.2) is 42.5 Å². The number of nitro groups is 1. The Bertz CT molecular complexity index is 778. The second kappa shape index (κ2) is 6.26. The minimum absolute atomic E-state index is 0.0496. The summed E-state index contributed by atoms with van der Waals surface area (Å²) < 4.78 is 5.54. The second-order valence-corrected chi connectivity index (χ2v) is 5.56. The first-order chi connectivity index (χ1) is 11.1. The van der Waals surface area contributed by atoms with E-state index in [0.717, 1.165) is 5.56 Å². The first-order valence-electron chi connectivity index (χ1n) is 7.03. The van der Waals surface area contributed by atoms with Gasteiger partial charge in [-0.1, -0.05) is 29.8 Å². The fourth-order valence-corrected chi connectivity index (χ4v) is 2.75. The number of hydrogen-bond donors (Lipinski definition) is 1. The summed E-state index contributed by atoms with van der Waals surface area (Å²) in [5.74, 6) is 0.186. The Balaban J connectivity index is 1.89. The Morgan fingerprint density at radius 2 is 2.09 bits per heavy atom. The number of nitrogens with zero attached hydrogens (tertiary/aromatic N) is 1. The lowest BCUT2D eigenvalue weighted by atomic mass is 10.00. The van der Waals surface area contributed by atoms with Crippen LogP contribution in [-0.4, -0.2) is 17.4 Å². The maximum Gasteiger partial charge on any atom is 0.282 e. The molecule has 0 bridgehead atoms. The number of para-hydroxylation sites is 1. The Kier molecular flexibility index (Phi) is 4.16. The van der Waals surface area contributed by atoms with E-state index in [4.69, 9.17) is 16.3 Å². The molecule has 1 N–H and O–H groups in total. The van der Waals surface area contributed by atoms with Gasteiger partial charge in [-0.15, -0.1) is 0 Å². The molecule has 3 rings (SSSR count). The predicted molar refractivity (Wildman–Crippen MR) is 84.9 cm³/mol. The monoisotopic (exact) mass is 332 g/mol. The molecule has 0 unspecified atom stereocenters. The van der Waals surface area contributed by atoms with E-state index < -0.39 is 10.8 Å². The van der Waals surface area contributed by atoms with E-state index in [9.17, 15) is 14.9 Å². The van der Waals surface area contributed by atoms with Gasteiger partial charge in [0.2, 0.25) is 0 Å². The van der Waals surface area contributed by atoms with Gasteiger partial charge < -0.3 is 10.1 Å². The number of amides is 1. The molecule has 0 fully saturated rings. The molecule has 7 heteroatoms. The maximum atomic E-state index is 12.5.